The van der Waals surface area contributed by atoms with E-state index in [1.807, 2.05) is 0 Å². The van der Waals surface area contributed by atoms with Crippen molar-refractivity contribution in [1.82, 2.24) is 0 Å². The van der Waals surface area contributed by atoms with Crippen LogP contribution in [0, 0.1) is 5.92 Å². The van der Waals surface area contributed by atoms with Crippen LogP contribution in [0.5, 0.6) is 0 Å². The first kappa shape index (κ1) is 32.3. The molecule has 2 nitrogen and oxygen atoms in total. The van der Waals surface area contributed by atoms with Gasteiger partial charge in [0.2, 0.25) is 0 Å². The maximum atomic E-state index is 13.3. The molecule has 0 fully saturated rings. The van der Waals surface area contributed by atoms with Gasteiger partial charge in [-0.05, 0) is 0 Å². The number of hydrogen-bond donors (Lipinski definition) is 0. The van der Waals surface area contributed by atoms with Gasteiger partial charge in [-0.2, -0.15) is 0 Å². The molecule has 0 unspecified atom stereocenters. The number of carbonyl (C=O) groups is 1. The van der Waals surface area contributed by atoms with Crippen molar-refractivity contribution in [2.24, 2.45) is 5.92 Å². The molecule has 0 aromatic heterocycles. The van der Waals surface area contributed by atoms with Gasteiger partial charge in [0.25, 0.3) is 0 Å². The molecule has 4 heteroatoms. The summed E-state index contributed by atoms with van der Waals surface area (Å²) < 4.78 is 12.1. The summed E-state index contributed by atoms with van der Waals surface area (Å²) in [6, 6.07) is 0. The van der Waals surface area contributed by atoms with Gasteiger partial charge in [-0.15, -0.1) is 0 Å². The summed E-state index contributed by atoms with van der Waals surface area (Å²) >= 11 is -2.58. The van der Waals surface area contributed by atoms with Crippen LogP contribution in [0.1, 0.15) is 126 Å². The van der Waals surface area contributed by atoms with Gasteiger partial charge in [-0.25, -0.2) is 0 Å². The van der Waals surface area contributed by atoms with E-state index >= 15 is 0 Å². The quantitative estimate of drug-likeness (QED) is 0.130. The molecule has 2 atom stereocenters. The molecule has 0 saturated carbocycles. The Labute approximate surface area is 219 Å². The second-order valence-electron chi connectivity index (χ2n) is 12.9. The minimum absolute atomic E-state index is 0.159. The molecule has 34 heavy (non-hydrogen) atoms. The van der Waals surface area contributed by atoms with E-state index in [0.29, 0.717) is 22.1 Å². The van der Waals surface area contributed by atoms with Crippen molar-refractivity contribution in [3.05, 3.63) is 11.8 Å². The van der Waals surface area contributed by atoms with E-state index in [4.69, 9.17) is 4.43 Å². The van der Waals surface area contributed by atoms with Crippen molar-refractivity contribution in [2.45, 2.75) is 161 Å². The van der Waals surface area contributed by atoms with Crippen molar-refractivity contribution in [1.29, 1.82) is 0 Å². The van der Waals surface area contributed by atoms with Gasteiger partial charge in [-0.1, -0.05) is 0 Å². The van der Waals surface area contributed by atoms with E-state index in [0.717, 1.165) is 12.2 Å². The summed E-state index contributed by atoms with van der Waals surface area (Å²) in [7, 11) is -1.96. The first-order chi connectivity index (χ1) is 16.0. The summed E-state index contributed by atoms with van der Waals surface area (Å²) in [5.74, 6) is 2.08. The zero-order valence-electron chi connectivity index (χ0n) is 24.7. The predicted molar refractivity (Wildman–Crippen MR) is 157 cm³/mol. The minimum atomic E-state index is -2.58. The van der Waals surface area contributed by atoms with Gasteiger partial charge < -0.3 is 0 Å². The van der Waals surface area contributed by atoms with Crippen LogP contribution in [-0.2, 0) is 9.22 Å². The molecule has 0 aliphatic heterocycles. The molecular formula is C30H60O2SiSn. The maximum absolute atomic E-state index is 13.3. The van der Waals surface area contributed by atoms with E-state index in [1.54, 1.807) is 0 Å². The molecule has 0 amide bonds. The van der Waals surface area contributed by atoms with Crippen LogP contribution in [0.3, 0.4) is 0 Å². The fourth-order valence-electron chi connectivity index (χ4n) is 5.71. The normalized spacial score (nSPS) is 20.3. The van der Waals surface area contributed by atoms with Crippen LogP contribution in [-0.4, -0.2) is 32.5 Å². The summed E-state index contributed by atoms with van der Waals surface area (Å²) in [6.07, 6.45) is 17.2. The summed E-state index contributed by atoms with van der Waals surface area (Å²) in [5, 5.41) is 0.159. The molecule has 0 N–H and O–H groups in total. The number of hydrogen-bond acceptors (Lipinski definition) is 2. The molecule has 0 spiro atoms. The van der Waals surface area contributed by atoms with Crippen molar-refractivity contribution < 1.29 is 9.22 Å². The third kappa shape index (κ3) is 9.94. The Bertz CT molecular complexity index is 598. The van der Waals surface area contributed by atoms with Crippen LogP contribution in [0.25, 0.3) is 0 Å². The Morgan fingerprint density at radius 3 is 1.82 bits per heavy atom. The number of Topliss-reactive ketones (excluding diaryl/α,β-unsaturated/α-hetero) is 1. The topological polar surface area (TPSA) is 26.3 Å². The number of unbranched alkanes of at least 4 members (excludes halogenated alkanes) is 5. The average Bonchev–Trinajstić information content (AvgIpc) is 2.91. The first-order valence-corrected chi connectivity index (χ1v) is 25.5. The van der Waals surface area contributed by atoms with E-state index < -0.39 is 26.7 Å². The molecule has 1 aliphatic rings. The Morgan fingerprint density at radius 1 is 0.882 bits per heavy atom. The number of ketones is 1. The van der Waals surface area contributed by atoms with E-state index in [2.05, 4.69) is 67.6 Å². The molecule has 0 heterocycles. The van der Waals surface area contributed by atoms with Crippen LogP contribution >= 0.6 is 0 Å². The van der Waals surface area contributed by atoms with Crippen molar-refractivity contribution in [2.75, 3.05) is 0 Å². The van der Waals surface area contributed by atoms with Crippen molar-refractivity contribution >= 4 is 32.5 Å². The Balaban J connectivity index is 3.55. The van der Waals surface area contributed by atoms with Gasteiger partial charge in [0, 0.05) is 0 Å². The monoisotopic (exact) mass is 600 g/mol. The number of allylic oxidation sites excluding steroid dienone is 2. The zero-order chi connectivity index (χ0) is 25.8. The average molecular weight is 600 g/mol. The molecule has 0 radical (unpaired) electrons. The predicted octanol–water partition coefficient (Wildman–Crippen LogP) is 10.7. The number of rotatable bonds is 16. The summed E-state index contributed by atoms with van der Waals surface area (Å²) in [5.41, 5.74) is 0. The summed E-state index contributed by atoms with van der Waals surface area (Å²) in [6.45, 7) is 21.0. The Morgan fingerprint density at radius 2 is 1.38 bits per heavy atom. The van der Waals surface area contributed by atoms with Crippen molar-refractivity contribution in [3.63, 3.8) is 0 Å². The molecule has 0 saturated heterocycles. The van der Waals surface area contributed by atoms with E-state index in [9.17, 15) is 4.79 Å². The molecule has 1 rings (SSSR count). The molecule has 0 aromatic rings. The molecule has 200 valence electrons. The zero-order valence-corrected chi connectivity index (χ0v) is 28.5. The standard InChI is InChI=1S/C18H33O2Si.3C4H9.Sn/c1-7-8-9-10-15-11-12-17(14-16(19)13-15)20-21(5,6)18(2,3)4;3*1-3-4-2;/h11-12,15H,7-10,13-14H2,1-6H3;3*1,3-4H2,2H3;/t15-;;;;/m1..../s1. The van der Waals surface area contributed by atoms with Crippen molar-refractivity contribution in [3.8, 4) is 0 Å². The van der Waals surface area contributed by atoms with E-state index in [1.165, 1.54) is 77.5 Å². The van der Waals surface area contributed by atoms with Gasteiger partial charge in [-0.3, -0.25) is 0 Å². The second-order valence-corrected chi connectivity index (χ2v) is 31.6. The van der Waals surface area contributed by atoms with Crippen LogP contribution in [0.15, 0.2) is 11.8 Å². The summed E-state index contributed by atoms with van der Waals surface area (Å²) in [4.78, 5) is 13.3. The molecule has 0 bridgehead atoms. The fourth-order valence-corrected chi connectivity index (χ4v) is 26.1. The van der Waals surface area contributed by atoms with Gasteiger partial charge in [0.1, 0.15) is 0 Å². The van der Waals surface area contributed by atoms with Gasteiger partial charge >= 0.3 is 220 Å². The van der Waals surface area contributed by atoms with E-state index in [-0.39, 0.29) is 5.04 Å². The molecule has 0 aromatic carbocycles. The van der Waals surface area contributed by atoms with Crippen LogP contribution < -0.4 is 0 Å². The van der Waals surface area contributed by atoms with Gasteiger partial charge in [0.15, 0.2) is 0 Å². The SMILES string of the molecule is CCCCC[C@H]1CC(=O)CC(O[Si](C)(C)C(C)(C)C)=C[C@H]1[Sn]([CH2]CCC)([CH2]CCC)[CH2]CCC. The Hall–Kier alpha value is 0.226. The number of carbonyl (C=O) groups excluding carboxylic acids is 1. The van der Waals surface area contributed by atoms with Gasteiger partial charge in [0.05, 0.1) is 0 Å². The van der Waals surface area contributed by atoms with Crippen LogP contribution in [0.4, 0.5) is 0 Å². The second kappa shape index (κ2) is 15.5. The third-order valence-electron chi connectivity index (χ3n) is 8.90. The molecule has 1 aliphatic carbocycles. The molecular weight excluding hydrogens is 539 g/mol. The fraction of sp³-hybridized carbons (Fsp3) is 0.900. The van der Waals surface area contributed by atoms with Crippen LogP contribution in [0.2, 0.25) is 35.4 Å². The Kier molecular flexibility index (Phi) is 14.7. The third-order valence-corrected chi connectivity index (χ3v) is 30.7. The first-order valence-electron chi connectivity index (χ1n) is 14.9.